The highest BCUT2D eigenvalue weighted by atomic mass is 16.3. The van der Waals surface area contributed by atoms with Crippen molar-refractivity contribution in [2.75, 3.05) is 4.90 Å². The van der Waals surface area contributed by atoms with Gasteiger partial charge in [0.25, 0.3) is 0 Å². The summed E-state index contributed by atoms with van der Waals surface area (Å²) in [5, 5.41) is 12.0. The summed E-state index contributed by atoms with van der Waals surface area (Å²) in [5.41, 5.74) is 12.2. The molecule has 0 spiro atoms. The van der Waals surface area contributed by atoms with Crippen molar-refractivity contribution in [1.29, 1.82) is 0 Å². The van der Waals surface area contributed by atoms with Gasteiger partial charge in [0.2, 0.25) is 0 Å². The molecule has 0 aliphatic heterocycles. The highest BCUT2D eigenvalue weighted by Gasteiger charge is 2.21. The van der Waals surface area contributed by atoms with Gasteiger partial charge in [0.1, 0.15) is 11.2 Å². The molecule has 2 nitrogen and oxygen atoms in total. The SMILES string of the molecule is c1cc(-c2ccc(N(c3ccc(-c4cc5ccccc5c5ccccc45)cc3)c3cccc4oc5c6ccccc6ccc5c34)cc2)cc(-c2ccc3ccccc3c2)c1. The van der Waals surface area contributed by atoms with E-state index in [0.29, 0.717) is 0 Å². The Kier molecular flexibility index (Phi) is 7.89. The van der Waals surface area contributed by atoms with Gasteiger partial charge in [0.15, 0.2) is 0 Å². The molecule has 280 valence electrons. The zero-order valence-electron chi connectivity index (χ0n) is 32.7. The van der Waals surface area contributed by atoms with E-state index in [9.17, 15) is 0 Å². The van der Waals surface area contributed by atoms with Crippen molar-refractivity contribution in [2.45, 2.75) is 0 Å². The van der Waals surface area contributed by atoms with E-state index in [0.717, 1.165) is 44.4 Å². The number of furan rings is 1. The minimum atomic E-state index is 0.866. The van der Waals surface area contributed by atoms with E-state index in [-0.39, 0.29) is 0 Å². The number of nitrogens with zero attached hydrogens (tertiary/aromatic N) is 1. The van der Waals surface area contributed by atoms with Crippen LogP contribution in [0.5, 0.6) is 0 Å². The molecule has 0 aliphatic rings. The lowest BCUT2D eigenvalue weighted by atomic mass is 9.93. The molecule has 0 fully saturated rings. The first-order valence-electron chi connectivity index (χ1n) is 20.6. The van der Waals surface area contributed by atoms with Crippen LogP contribution in [-0.2, 0) is 0 Å². The van der Waals surface area contributed by atoms with E-state index < -0.39 is 0 Å². The summed E-state index contributed by atoms with van der Waals surface area (Å²) >= 11 is 0. The molecule has 12 aromatic rings. The van der Waals surface area contributed by atoms with E-state index in [1.165, 1.54) is 71.1 Å². The van der Waals surface area contributed by atoms with Crippen LogP contribution in [0.25, 0.3) is 98.4 Å². The fourth-order valence-corrected chi connectivity index (χ4v) is 9.28. The van der Waals surface area contributed by atoms with E-state index in [1.807, 2.05) is 0 Å². The Balaban J connectivity index is 0.994. The van der Waals surface area contributed by atoms with Crippen LogP contribution in [0.1, 0.15) is 0 Å². The lowest BCUT2D eigenvalue weighted by Crippen LogP contribution is -2.10. The molecule has 12 rings (SSSR count). The van der Waals surface area contributed by atoms with Gasteiger partial charge >= 0.3 is 0 Å². The minimum absolute atomic E-state index is 0.866. The van der Waals surface area contributed by atoms with Crippen LogP contribution in [0.15, 0.2) is 229 Å². The molecule has 11 aromatic carbocycles. The van der Waals surface area contributed by atoms with Crippen molar-refractivity contribution >= 4 is 82.1 Å². The van der Waals surface area contributed by atoms with Gasteiger partial charge in [0.05, 0.1) is 11.1 Å². The van der Waals surface area contributed by atoms with Gasteiger partial charge in [-0.1, -0.05) is 164 Å². The van der Waals surface area contributed by atoms with Crippen molar-refractivity contribution in [3.8, 4) is 33.4 Å². The maximum Gasteiger partial charge on any atom is 0.143 e. The highest BCUT2D eigenvalue weighted by molar-refractivity contribution is 6.20. The third-order valence-corrected chi connectivity index (χ3v) is 12.2. The number of rotatable bonds is 6. The summed E-state index contributed by atoms with van der Waals surface area (Å²) in [6.07, 6.45) is 0. The third kappa shape index (κ3) is 5.65. The summed E-state index contributed by atoms with van der Waals surface area (Å²) in [4.78, 5) is 2.38. The van der Waals surface area contributed by atoms with Gasteiger partial charge in [0, 0.05) is 22.1 Å². The van der Waals surface area contributed by atoms with E-state index in [1.54, 1.807) is 0 Å². The number of hydrogen-bond acceptors (Lipinski definition) is 2. The Morgan fingerprint density at radius 3 is 1.65 bits per heavy atom. The summed E-state index contributed by atoms with van der Waals surface area (Å²) < 4.78 is 6.70. The van der Waals surface area contributed by atoms with Crippen LogP contribution < -0.4 is 4.90 Å². The zero-order chi connectivity index (χ0) is 39.6. The average Bonchev–Trinajstić information content (AvgIpc) is 3.72. The van der Waals surface area contributed by atoms with Crippen LogP contribution in [0.3, 0.4) is 0 Å². The van der Waals surface area contributed by atoms with Gasteiger partial charge in [-0.05, 0) is 132 Å². The van der Waals surface area contributed by atoms with Crippen LogP contribution in [0.2, 0.25) is 0 Å². The maximum atomic E-state index is 6.70. The second-order valence-electron chi connectivity index (χ2n) is 15.7. The van der Waals surface area contributed by atoms with Crippen LogP contribution in [0, 0.1) is 0 Å². The quantitative estimate of drug-likeness (QED) is 0.157. The molecule has 2 heteroatoms. The predicted molar refractivity (Wildman–Crippen MR) is 255 cm³/mol. The van der Waals surface area contributed by atoms with Crippen molar-refractivity contribution in [1.82, 2.24) is 0 Å². The van der Waals surface area contributed by atoms with Gasteiger partial charge in [-0.15, -0.1) is 0 Å². The molecule has 1 heterocycles. The smallest absolute Gasteiger partial charge is 0.143 e. The molecule has 0 saturated heterocycles. The first kappa shape index (κ1) is 34.1. The molecule has 0 saturated carbocycles. The van der Waals surface area contributed by atoms with E-state index in [4.69, 9.17) is 4.42 Å². The van der Waals surface area contributed by atoms with Gasteiger partial charge in [-0.25, -0.2) is 0 Å². The number of fused-ring (bicyclic) bond motifs is 9. The number of hydrogen-bond donors (Lipinski definition) is 0. The Morgan fingerprint density at radius 2 is 0.867 bits per heavy atom. The second-order valence-corrected chi connectivity index (χ2v) is 15.7. The molecule has 0 radical (unpaired) electrons. The number of anilines is 3. The Labute approximate surface area is 347 Å². The molecule has 0 amide bonds. The summed E-state index contributed by atoms with van der Waals surface area (Å²) in [6, 6.07) is 81.3. The maximum absolute atomic E-state index is 6.70. The van der Waals surface area contributed by atoms with Gasteiger partial charge in [-0.2, -0.15) is 0 Å². The van der Waals surface area contributed by atoms with Crippen LogP contribution >= 0.6 is 0 Å². The van der Waals surface area contributed by atoms with E-state index >= 15 is 0 Å². The minimum Gasteiger partial charge on any atom is -0.455 e. The van der Waals surface area contributed by atoms with Crippen molar-refractivity contribution < 1.29 is 4.42 Å². The molecule has 1 aromatic heterocycles. The largest absolute Gasteiger partial charge is 0.455 e. The zero-order valence-corrected chi connectivity index (χ0v) is 32.7. The Morgan fingerprint density at radius 1 is 0.300 bits per heavy atom. The third-order valence-electron chi connectivity index (χ3n) is 12.2. The fraction of sp³-hybridized carbons (Fsp3) is 0. The second kappa shape index (κ2) is 13.9. The Hall–Kier alpha value is -7.94. The number of benzene rings is 11. The molecular weight excluding hydrogens is 727 g/mol. The monoisotopic (exact) mass is 763 g/mol. The molecule has 0 bridgehead atoms. The van der Waals surface area contributed by atoms with Crippen LogP contribution in [0.4, 0.5) is 17.1 Å². The lowest BCUT2D eigenvalue weighted by molar-refractivity contribution is 0.672. The van der Waals surface area contributed by atoms with Gasteiger partial charge < -0.3 is 9.32 Å². The molecule has 0 N–H and O–H groups in total. The first-order chi connectivity index (χ1) is 29.7. The normalized spacial score (nSPS) is 11.7. The van der Waals surface area contributed by atoms with Gasteiger partial charge in [-0.3, -0.25) is 0 Å². The molecule has 60 heavy (non-hydrogen) atoms. The molecule has 0 aliphatic carbocycles. The lowest BCUT2D eigenvalue weighted by Gasteiger charge is -2.27. The predicted octanol–water partition coefficient (Wildman–Crippen LogP) is 16.7. The fourth-order valence-electron chi connectivity index (χ4n) is 9.28. The van der Waals surface area contributed by atoms with Crippen LogP contribution in [-0.4, -0.2) is 0 Å². The van der Waals surface area contributed by atoms with E-state index in [2.05, 4.69) is 229 Å². The average molecular weight is 764 g/mol. The molecule has 0 unspecified atom stereocenters. The standard InChI is InChI=1S/C58H37NO/c1-2-13-42-36-45(24-23-38(42)11-1)44-16-9-15-43(35-44)39-25-30-47(31-26-39)59(55-21-10-22-56-57(55)53-34-29-40-12-3-6-18-50(40)58(53)60-56)48-32-27-41(28-33-48)54-37-46-14-4-5-17-49(46)51-19-7-8-20-52(51)54/h1-37H. The first-order valence-corrected chi connectivity index (χ1v) is 20.6. The topological polar surface area (TPSA) is 16.4 Å². The van der Waals surface area contributed by atoms with Crippen molar-refractivity contribution in [3.63, 3.8) is 0 Å². The van der Waals surface area contributed by atoms with Crippen molar-refractivity contribution in [3.05, 3.63) is 224 Å². The molecular formula is C58H37NO. The van der Waals surface area contributed by atoms with Crippen molar-refractivity contribution in [2.24, 2.45) is 0 Å². The Bertz CT molecular complexity index is 3600. The molecule has 0 atom stereocenters. The highest BCUT2D eigenvalue weighted by Crippen LogP contribution is 2.45. The summed E-state index contributed by atoms with van der Waals surface area (Å²) in [6.45, 7) is 0. The summed E-state index contributed by atoms with van der Waals surface area (Å²) in [7, 11) is 0. The summed E-state index contributed by atoms with van der Waals surface area (Å²) in [5.74, 6) is 0.